The molecule has 3 aromatic rings. The van der Waals surface area contributed by atoms with Gasteiger partial charge in [0.15, 0.2) is 5.65 Å². The molecule has 3 rings (SSSR count). The summed E-state index contributed by atoms with van der Waals surface area (Å²) in [6.07, 6.45) is 1.72. The van der Waals surface area contributed by atoms with Crippen LogP contribution >= 0.6 is 11.6 Å². The number of hydrogen-bond acceptors (Lipinski definition) is 3. The maximum Gasteiger partial charge on any atom is 0.242 e. The molecule has 1 amide bonds. The molecule has 7 heteroatoms. The summed E-state index contributed by atoms with van der Waals surface area (Å²) in [6.45, 7) is 5.54. The molecule has 0 atom stereocenters. The number of likely N-dealkylation sites (N-methyl/N-ethyl adjacent to an activating group) is 1. The predicted molar refractivity (Wildman–Crippen MR) is 99.5 cm³/mol. The topological polar surface area (TPSA) is 82.5 Å². The van der Waals surface area contributed by atoms with Crippen molar-refractivity contribution in [2.45, 2.75) is 20.4 Å². The van der Waals surface area contributed by atoms with Crippen LogP contribution in [0.2, 0.25) is 5.02 Å². The summed E-state index contributed by atoms with van der Waals surface area (Å²) < 4.78 is 1.87. The predicted octanol–water partition coefficient (Wildman–Crippen LogP) is 2.80. The van der Waals surface area contributed by atoms with E-state index in [0.29, 0.717) is 23.8 Å². The highest BCUT2D eigenvalue weighted by Gasteiger charge is 2.18. The standard InChI is InChI=1S/C18H19ClN4O.H2O/c1-3-22(4-2)16(24)12-23-17(13-7-9-14(19)10-8-13)21-15-6-5-11-20-18(15)23;/h5-11H,3-4,12H2,1-2H3;1H2. The van der Waals surface area contributed by atoms with E-state index in [1.165, 1.54) is 0 Å². The van der Waals surface area contributed by atoms with Crippen LogP contribution in [-0.2, 0) is 11.3 Å². The van der Waals surface area contributed by atoms with Gasteiger partial charge in [-0.15, -0.1) is 0 Å². The van der Waals surface area contributed by atoms with E-state index in [2.05, 4.69) is 9.97 Å². The lowest BCUT2D eigenvalue weighted by Crippen LogP contribution is -2.33. The maximum absolute atomic E-state index is 12.6. The minimum absolute atomic E-state index is 0. The number of fused-ring (bicyclic) bond motifs is 1. The first-order valence-electron chi connectivity index (χ1n) is 7.99. The van der Waals surface area contributed by atoms with Crippen LogP contribution in [0.25, 0.3) is 22.6 Å². The number of imidazole rings is 1. The lowest BCUT2D eigenvalue weighted by molar-refractivity contribution is -0.131. The third-order valence-electron chi connectivity index (χ3n) is 4.02. The van der Waals surface area contributed by atoms with Gasteiger partial charge in [-0.3, -0.25) is 9.36 Å². The first-order chi connectivity index (χ1) is 11.6. The molecule has 1 aromatic carbocycles. The smallest absolute Gasteiger partial charge is 0.242 e. The molecule has 0 aliphatic heterocycles. The number of hydrogen-bond donors (Lipinski definition) is 0. The molecule has 2 N–H and O–H groups in total. The van der Waals surface area contributed by atoms with Gasteiger partial charge in [0.05, 0.1) is 0 Å². The van der Waals surface area contributed by atoms with Crippen molar-refractivity contribution in [2.75, 3.05) is 13.1 Å². The third kappa shape index (κ3) is 3.81. The van der Waals surface area contributed by atoms with Crippen LogP contribution in [0, 0.1) is 0 Å². The van der Waals surface area contributed by atoms with Gasteiger partial charge < -0.3 is 10.4 Å². The van der Waals surface area contributed by atoms with Crippen LogP contribution in [0.4, 0.5) is 0 Å². The van der Waals surface area contributed by atoms with E-state index in [0.717, 1.165) is 16.9 Å². The largest absolute Gasteiger partial charge is 0.412 e. The van der Waals surface area contributed by atoms with Crippen LogP contribution in [0.3, 0.4) is 0 Å². The van der Waals surface area contributed by atoms with Crippen molar-refractivity contribution in [3.63, 3.8) is 0 Å². The molecule has 0 bridgehead atoms. The average Bonchev–Trinajstić information content (AvgIpc) is 2.95. The Morgan fingerprint density at radius 1 is 1.16 bits per heavy atom. The molecule has 0 unspecified atom stereocenters. The van der Waals surface area contributed by atoms with Crippen LogP contribution in [0.1, 0.15) is 13.8 Å². The molecular formula is C18H21ClN4O2. The molecule has 0 spiro atoms. The fourth-order valence-electron chi connectivity index (χ4n) is 2.74. The molecule has 132 valence electrons. The fraction of sp³-hybridized carbons (Fsp3) is 0.278. The normalized spacial score (nSPS) is 10.5. The van der Waals surface area contributed by atoms with Gasteiger partial charge in [0.2, 0.25) is 5.91 Å². The minimum Gasteiger partial charge on any atom is -0.412 e. The van der Waals surface area contributed by atoms with Crippen molar-refractivity contribution in [2.24, 2.45) is 0 Å². The second-order valence-electron chi connectivity index (χ2n) is 5.44. The monoisotopic (exact) mass is 360 g/mol. The summed E-state index contributed by atoms with van der Waals surface area (Å²) >= 11 is 5.98. The highest BCUT2D eigenvalue weighted by Crippen LogP contribution is 2.25. The maximum atomic E-state index is 12.6. The fourth-order valence-corrected chi connectivity index (χ4v) is 2.87. The summed E-state index contributed by atoms with van der Waals surface area (Å²) in [4.78, 5) is 23.5. The molecule has 0 aliphatic rings. The molecule has 25 heavy (non-hydrogen) atoms. The number of amides is 1. The highest BCUT2D eigenvalue weighted by atomic mass is 35.5. The Balaban J connectivity index is 0.00000225. The number of halogens is 1. The van der Waals surface area contributed by atoms with Crippen molar-refractivity contribution in [1.82, 2.24) is 19.4 Å². The van der Waals surface area contributed by atoms with E-state index < -0.39 is 0 Å². The minimum atomic E-state index is 0. The molecule has 0 saturated carbocycles. The Labute approximate surface area is 151 Å². The number of carbonyl (C=O) groups excluding carboxylic acids is 1. The van der Waals surface area contributed by atoms with Gasteiger partial charge in [-0.25, -0.2) is 9.97 Å². The van der Waals surface area contributed by atoms with Gasteiger partial charge in [0, 0.05) is 29.9 Å². The van der Waals surface area contributed by atoms with Gasteiger partial charge in [0.1, 0.15) is 17.9 Å². The molecule has 0 aliphatic carbocycles. The van der Waals surface area contributed by atoms with Crippen LogP contribution in [0.5, 0.6) is 0 Å². The van der Waals surface area contributed by atoms with Crippen molar-refractivity contribution >= 4 is 28.7 Å². The number of carbonyl (C=O) groups is 1. The second kappa shape index (κ2) is 8.09. The Kier molecular flexibility index (Phi) is 6.12. The Hall–Kier alpha value is -2.44. The average molecular weight is 361 g/mol. The first kappa shape index (κ1) is 18.9. The summed E-state index contributed by atoms with van der Waals surface area (Å²) in [7, 11) is 0. The summed E-state index contributed by atoms with van der Waals surface area (Å²) in [6, 6.07) is 11.2. The van der Waals surface area contributed by atoms with Crippen LogP contribution in [0.15, 0.2) is 42.6 Å². The van der Waals surface area contributed by atoms with Crippen molar-refractivity contribution < 1.29 is 10.3 Å². The highest BCUT2D eigenvalue weighted by molar-refractivity contribution is 6.30. The van der Waals surface area contributed by atoms with Crippen molar-refractivity contribution in [3.8, 4) is 11.4 Å². The lowest BCUT2D eigenvalue weighted by atomic mass is 10.2. The zero-order valence-electron chi connectivity index (χ0n) is 14.2. The number of pyridine rings is 1. The molecule has 0 saturated heterocycles. The molecule has 2 heterocycles. The van der Waals surface area contributed by atoms with Crippen LogP contribution < -0.4 is 0 Å². The van der Waals surface area contributed by atoms with Gasteiger partial charge in [-0.2, -0.15) is 0 Å². The second-order valence-corrected chi connectivity index (χ2v) is 5.88. The van der Waals surface area contributed by atoms with Gasteiger partial charge >= 0.3 is 0 Å². The van der Waals surface area contributed by atoms with Crippen molar-refractivity contribution in [3.05, 3.63) is 47.6 Å². The van der Waals surface area contributed by atoms with E-state index in [-0.39, 0.29) is 17.9 Å². The number of nitrogens with zero attached hydrogens (tertiary/aromatic N) is 4. The Morgan fingerprint density at radius 2 is 1.84 bits per heavy atom. The molecule has 2 aromatic heterocycles. The van der Waals surface area contributed by atoms with Crippen molar-refractivity contribution in [1.29, 1.82) is 0 Å². The summed E-state index contributed by atoms with van der Waals surface area (Å²) in [5.74, 6) is 0.779. The van der Waals surface area contributed by atoms with E-state index >= 15 is 0 Å². The summed E-state index contributed by atoms with van der Waals surface area (Å²) in [5, 5.41) is 0.666. The van der Waals surface area contributed by atoms with Crippen LogP contribution in [-0.4, -0.2) is 43.9 Å². The van der Waals surface area contributed by atoms with E-state index in [1.54, 1.807) is 11.1 Å². The summed E-state index contributed by atoms with van der Waals surface area (Å²) in [5.41, 5.74) is 2.39. The number of rotatable bonds is 5. The first-order valence-corrected chi connectivity index (χ1v) is 8.36. The van der Waals surface area contributed by atoms with Gasteiger partial charge in [-0.05, 0) is 50.2 Å². The quantitative estimate of drug-likeness (QED) is 0.701. The van der Waals surface area contributed by atoms with Gasteiger partial charge in [-0.1, -0.05) is 11.6 Å². The Bertz CT molecular complexity index is 857. The third-order valence-corrected chi connectivity index (χ3v) is 4.27. The Morgan fingerprint density at radius 3 is 2.48 bits per heavy atom. The molecule has 0 radical (unpaired) electrons. The van der Waals surface area contributed by atoms with E-state index in [9.17, 15) is 4.79 Å². The van der Waals surface area contributed by atoms with E-state index in [1.807, 2.05) is 54.8 Å². The number of aromatic nitrogens is 3. The molecule has 6 nitrogen and oxygen atoms in total. The molecule has 0 fully saturated rings. The lowest BCUT2D eigenvalue weighted by Gasteiger charge is -2.19. The zero-order chi connectivity index (χ0) is 17.1. The van der Waals surface area contributed by atoms with Gasteiger partial charge in [0.25, 0.3) is 0 Å². The zero-order valence-corrected chi connectivity index (χ0v) is 15.0. The number of benzene rings is 1. The SMILES string of the molecule is CCN(CC)C(=O)Cn1c(-c2ccc(Cl)cc2)nc2cccnc21.O. The molecular weight excluding hydrogens is 340 g/mol. The van der Waals surface area contributed by atoms with E-state index in [4.69, 9.17) is 11.6 Å².